The molecule has 1 aliphatic rings. The van der Waals surface area contributed by atoms with E-state index in [0.717, 1.165) is 35.4 Å². The smallest absolute Gasteiger partial charge is 0.227 e. The third-order valence-electron chi connectivity index (χ3n) is 6.00. The topological polar surface area (TPSA) is 69.7 Å². The van der Waals surface area contributed by atoms with Crippen molar-refractivity contribution in [1.29, 1.82) is 0 Å². The number of rotatable bonds is 9. The summed E-state index contributed by atoms with van der Waals surface area (Å²) >= 11 is 3.36. The number of nitrogens with zero attached hydrogens (tertiary/aromatic N) is 2. The van der Waals surface area contributed by atoms with Gasteiger partial charge in [0, 0.05) is 35.7 Å². The molecule has 0 bridgehead atoms. The number of anilines is 1. The summed E-state index contributed by atoms with van der Waals surface area (Å²) in [5, 5.41) is 2.99. The number of benzene rings is 2. The summed E-state index contributed by atoms with van der Waals surface area (Å²) in [5.41, 5.74) is 2.76. The summed E-state index contributed by atoms with van der Waals surface area (Å²) < 4.78 is 28.0. The molecule has 0 spiro atoms. The van der Waals surface area contributed by atoms with Gasteiger partial charge >= 0.3 is 0 Å². The van der Waals surface area contributed by atoms with E-state index in [-0.39, 0.29) is 17.6 Å². The minimum atomic E-state index is -3.39. The first-order chi connectivity index (χ1) is 15.3. The maximum atomic E-state index is 12.8. The predicted octanol–water partition coefficient (Wildman–Crippen LogP) is 4.47. The highest BCUT2D eigenvalue weighted by atomic mass is 79.9. The highest BCUT2D eigenvalue weighted by Gasteiger charge is 2.31. The van der Waals surface area contributed by atoms with E-state index >= 15 is 0 Å². The van der Waals surface area contributed by atoms with Gasteiger partial charge in [-0.1, -0.05) is 54.0 Å². The largest absolute Gasteiger partial charge is 0.326 e. The van der Waals surface area contributed by atoms with Crippen LogP contribution in [0.4, 0.5) is 5.69 Å². The lowest BCUT2D eigenvalue weighted by Gasteiger charge is -2.30. The molecule has 8 heteroatoms. The van der Waals surface area contributed by atoms with E-state index in [1.165, 1.54) is 9.87 Å². The molecular formula is C24H32BrN3O3S. The minimum Gasteiger partial charge on any atom is -0.326 e. The van der Waals surface area contributed by atoms with Crippen LogP contribution >= 0.6 is 15.9 Å². The second-order valence-corrected chi connectivity index (χ2v) is 11.1. The van der Waals surface area contributed by atoms with Crippen LogP contribution in [0, 0.1) is 5.92 Å². The summed E-state index contributed by atoms with van der Waals surface area (Å²) in [6.45, 7) is 7.96. The van der Waals surface area contributed by atoms with E-state index in [1.807, 2.05) is 48.5 Å². The van der Waals surface area contributed by atoms with E-state index in [4.69, 9.17) is 0 Å². The lowest BCUT2D eigenvalue weighted by atomic mass is 9.97. The number of hydrogen-bond donors (Lipinski definition) is 1. The molecular weight excluding hydrogens is 490 g/mol. The van der Waals surface area contributed by atoms with E-state index in [9.17, 15) is 13.2 Å². The molecule has 1 aliphatic heterocycles. The van der Waals surface area contributed by atoms with Gasteiger partial charge in [-0.15, -0.1) is 0 Å². The molecule has 0 aromatic heterocycles. The molecule has 0 aliphatic carbocycles. The van der Waals surface area contributed by atoms with Crippen molar-refractivity contribution >= 4 is 37.5 Å². The Morgan fingerprint density at radius 1 is 1.00 bits per heavy atom. The third-order valence-corrected chi connectivity index (χ3v) is 8.38. The molecule has 1 fully saturated rings. The van der Waals surface area contributed by atoms with E-state index in [0.29, 0.717) is 25.9 Å². The Morgan fingerprint density at radius 2 is 1.56 bits per heavy atom. The van der Waals surface area contributed by atoms with Gasteiger partial charge in [-0.3, -0.25) is 9.69 Å². The fourth-order valence-electron chi connectivity index (χ4n) is 3.92. The molecule has 174 valence electrons. The summed E-state index contributed by atoms with van der Waals surface area (Å²) in [6, 6.07) is 15.3. The van der Waals surface area contributed by atoms with Gasteiger partial charge in [0.1, 0.15) is 0 Å². The Labute approximate surface area is 200 Å². The average molecular weight is 523 g/mol. The standard InChI is InChI=1S/C24H32BrN3O3S/c1-3-27(4-2)17-19-7-11-23(12-8-19)26-24(29)21-13-15-28(16-14-21)32(30,31)18-20-5-9-22(25)10-6-20/h5-12,21H,3-4,13-18H2,1-2H3,(H,26,29). The second-order valence-electron chi connectivity index (χ2n) is 8.20. The number of halogens is 1. The zero-order chi connectivity index (χ0) is 23.1. The van der Waals surface area contributed by atoms with Crippen LogP contribution in [0.1, 0.15) is 37.8 Å². The maximum Gasteiger partial charge on any atom is 0.227 e. The molecule has 1 amide bonds. The molecule has 0 saturated carbocycles. The van der Waals surface area contributed by atoms with Crippen molar-refractivity contribution in [2.45, 2.75) is 39.0 Å². The number of carbonyl (C=O) groups is 1. The van der Waals surface area contributed by atoms with Crippen LogP contribution in [0.25, 0.3) is 0 Å². The molecule has 2 aromatic rings. The Kier molecular flexibility index (Phi) is 8.87. The number of amides is 1. The quantitative estimate of drug-likeness (QED) is 0.528. The Balaban J connectivity index is 1.50. The van der Waals surface area contributed by atoms with Crippen LogP contribution in [0.3, 0.4) is 0 Å². The van der Waals surface area contributed by atoms with Crippen molar-refractivity contribution in [3.8, 4) is 0 Å². The van der Waals surface area contributed by atoms with Crippen LogP contribution in [0.5, 0.6) is 0 Å². The lowest BCUT2D eigenvalue weighted by molar-refractivity contribution is -0.120. The second kappa shape index (κ2) is 11.4. The van der Waals surface area contributed by atoms with E-state index in [1.54, 1.807) is 0 Å². The van der Waals surface area contributed by atoms with Crippen molar-refractivity contribution < 1.29 is 13.2 Å². The van der Waals surface area contributed by atoms with Gasteiger partial charge in [-0.05, 0) is 61.3 Å². The van der Waals surface area contributed by atoms with Gasteiger partial charge in [0.2, 0.25) is 15.9 Å². The molecule has 2 aromatic carbocycles. The molecule has 1 heterocycles. The number of hydrogen-bond acceptors (Lipinski definition) is 4. The highest BCUT2D eigenvalue weighted by Crippen LogP contribution is 2.24. The van der Waals surface area contributed by atoms with Crippen molar-refractivity contribution in [3.05, 3.63) is 64.1 Å². The normalized spacial score (nSPS) is 15.8. The maximum absolute atomic E-state index is 12.8. The molecule has 32 heavy (non-hydrogen) atoms. The monoisotopic (exact) mass is 521 g/mol. The molecule has 0 radical (unpaired) electrons. The van der Waals surface area contributed by atoms with Gasteiger partial charge in [-0.25, -0.2) is 12.7 Å². The Morgan fingerprint density at radius 3 is 2.12 bits per heavy atom. The first-order valence-corrected chi connectivity index (χ1v) is 13.6. The van der Waals surface area contributed by atoms with Gasteiger partial charge < -0.3 is 5.32 Å². The Bertz CT molecular complexity index is 982. The number of carbonyl (C=O) groups excluding carboxylic acids is 1. The fourth-order valence-corrected chi connectivity index (χ4v) is 5.75. The molecule has 0 atom stereocenters. The number of nitrogens with one attached hydrogen (secondary N) is 1. The fraction of sp³-hybridized carbons (Fsp3) is 0.458. The van der Waals surface area contributed by atoms with Gasteiger partial charge in [-0.2, -0.15) is 0 Å². The van der Waals surface area contributed by atoms with Crippen LogP contribution < -0.4 is 5.32 Å². The number of sulfonamides is 1. The minimum absolute atomic E-state index is 0.0169. The zero-order valence-electron chi connectivity index (χ0n) is 18.8. The van der Waals surface area contributed by atoms with Gasteiger partial charge in [0.15, 0.2) is 0 Å². The highest BCUT2D eigenvalue weighted by molar-refractivity contribution is 9.10. The lowest BCUT2D eigenvalue weighted by Crippen LogP contribution is -2.41. The molecule has 1 N–H and O–H groups in total. The van der Waals surface area contributed by atoms with Crippen LogP contribution in [0.15, 0.2) is 53.0 Å². The molecule has 0 unspecified atom stereocenters. The average Bonchev–Trinajstić information content (AvgIpc) is 2.80. The SMILES string of the molecule is CCN(CC)Cc1ccc(NC(=O)C2CCN(S(=O)(=O)Cc3ccc(Br)cc3)CC2)cc1. The van der Waals surface area contributed by atoms with Crippen molar-refractivity contribution in [2.75, 3.05) is 31.5 Å². The summed E-state index contributed by atoms with van der Waals surface area (Å²) in [7, 11) is -3.39. The third kappa shape index (κ3) is 6.88. The summed E-state index contributed by atoms with van der Waals surface area (Å²) in [6.07, 6.45) is 1.07. The summed E-state index contributed by atoms with van der Waals surface area (Å²) in [5.74, 6) is -0.229. The first kappa shape index (κ1) is 24.9. The van der Waals surface area contributed by atoms with Crippen molar-refractivity contribution in [2.24, 2.45) is 5.92 Å². The van der Waals surface area contributed by atoms with Gasteiger partial charge in [0.25, 0.3) is 0 Å². The summed E-state index contributed by atoms with van der Waals surface area (Å²) in [4.78, 5) is 15.0. The van der Waals surface area contributed by atoms with Crippen LogP contribution in [0.2, 0.25) is 0 Å². The predicted molar refractivity (Wildman–Crippen MR) is 133 cm³/mol. The van der Waals surface area contributed by atoms with Gasteiger partial charge in [0.05, 0.1) is 5.75 Å². The molecule has 6 nitrogen and oxygen atoms in total. The van der Waals surface area contributed by atoms with Crippen molar-refractivity contribution in [1.82, 2.24) is 9.21 Å². The molecule has 3 rings (SSSR count). The number of piperidine rings is 1. The Hall–Kier alpha value is -1.74. The molecule has 1 saturated heterocycles. The first-order valence-electron chi connectivity index (χ1n) is 11.1. The zero-order valence-corrected chi connectivity index (χ0v) is 21.2. The van der Waals surface area contributed by atoms with Crippen molar-refractivity contribution in [3.63, 3.8) is 0 Å². The van der Waals surface area contributed by atoms with Crippen LogP contribution in [-0.2, 0) is 27.1 Å². The van der Waals surface area contributed by atoms with E-state index in [2.05, 4.69) is 40.0 Å². The van der Waals surface area contributed by atoms with E-state index < -0.39 is 10.0 Å². The van der Waals surface area contributed by atoms with Crippen LogP contribution in [-0.4, -0.2) is 49.7 Å².